The number of aromatic nitrogens is 2. The number of hydrogen-bond donors (Lipinski definition) is 0. The van der Waals surface area contributed by atoms with Gasteiger partial charge < -0.3 is 0 Å². The van der Waals surface area contributed by atoms with Crippen LogP contribution >= 0.6 is 11.6 Å². The van der Waals surface area contributed by atoms with Gasteiger partial charge in [0.25, 0.3) is 0 Å². The molecule has 0 atom stereocenters. The minimum absolute atomic E-state index is 0.0381. The molecule has 0 amide bonds. The molecule has 6 heteroatoms. The Morgan fingerprint density at radius 2 is 2.05 bits per heavy atom. The van der Waals surface area contributed by atoms with E-state index in [9.17, 15) is 14.0 Å². The molecule has 0 aliphatic heterocycles. The molecule has 0 saturated heterocycles. The zero-order valence-electron chi connectivity index (χ0n) is 10.6. The topological polar surface area (TPSA) is 41.6 Å². The van der Waals surface area contributed by atoms with E-state index in [0.29, 0.717) is 17.0 Å². The second-order valence-corrected chi connectivity index (χ2v) is 4.65. The van der Waals surface area contributed by atoms with Crippen molar-refractivity contribution in [2.75, 3.05) is 0 Å². The van der Waals surface area contributed by atoms with Crippen LogP contribution in [0.3, 0.4) is 0 Å². The molecule has 3 rings (SSSR count). The molecule has 0 unspecified atom stereocenters. The molecular formula is C15H8ClF2N3. The highest BCUT2D eigenvalue weighted by molar-refractivity contribution is 6.17. The van der Waals surface area contributed by atoms with Crippen molar-refractivity contribution < 1.29 is 8.78 Å². The number of halogens is 3. The van der Waals surface area contributed by atoms with Crippen molar-refractivity contribution in [2.24, 2.45) is 0 Å². The van der Waals surface area contributed by atoms with E-state index in [0.717, 1.165) is 6.07 Å². The van der Waals surface area contributed by atoms with Crippen molar-refractivity contribution in [3.8, 4) is 11.8 Å². The first-order chi connectivity index (χ1) is 10.2. The van der Waals surface area contributed by atoms with Crippen molar-refractivity contribution in [1.82, 2.24) is 9.55 Å². The summed E-state index contributed by atoms with van der Waals surface area (Å²) in [6.07, 6.45) is 0. The smallest absolute Gasteiger partial charge is 0.151 e. The van der Waals surface area contributed by atoms with Crippen LogP contribution in [-0.4, -0.2) is 9.55 Å². The van der Waals surface area contributed by atoms with Crippen LogP contribution < -0.4 is 0 Å². The predicted molar refractivity (Wildman–Crippen MR) is 75.3 cm³/mol. The Kier molecular flexibility index (Phi) is 3.32. The summed E-state index contributed by atoms with van der Waals surface area (Å²) in [4.78, 5) is 4.16. The molecule has 0 radical (unpaired) electrons. The highest BCUT2D eigenvalue weighted by Crippen LogP contribution is 2.26. The zero-order valence-corrected chi connectivity index (χ0v) is 11.4. The lowest BCUT2D eigenvalue weighted by Crippen LogP contribution is -2.02. The Balaban J connectivity index is 2.40. The summed E-state index contributed by atoms with van der Waals surface area (Å²) in [5.41, 5.74) is 1.20. The van der Waals surface area contributed by atoms with E-state index in [1.54, 1.807) is 16.7 Å². The standard InChI is InChI=1S/C15H8ClF2N3/c16-7-14-20-15-11(18)2-1-3-13(15)21(14)12-5-4-10(17)6-9(12)8-19/h1-6H,7H2. The number of imidazole rings is 1. The monoisotopic (exact) mass is 303 g/mol. The largest absolute Gasteiger partial charge is 0.294 e. The number of para-hydroxylation sites is 1. The molecule has 3 nitrogen and oxygen atoms in total. The molecule has 2 aromatic carbocycles. The first-order valence-electron chi connectivity index (χ1n) is 6.07. The number of alkyl halides is 1. The number of nitriles is 1. The van der Waals surface area contributed by atoms with Gasteiger partial charge in [-0.15, -0.1) is 11.6 Å². The van der Waals surface area contributed by atoms with E-state index in [4.69, 9.17) is 11.6 Å². The first kappa shape index (κ1) is 13.5. The Morgan fingerprint density at radius 3 is 2.76 bits per heavy atom. The van der Waals surface area contributed by atoms with Crippen molar-refractivity contribution in [3.63, 3.8) is 0 Å². The van der Waals surface area contributed by atoms with E-state index in [1.807, 2.05) is 6.07 Å². The molecule has 0 aliphatic rings. The average Bonchev–Trinajstić information content (AvgIpc) is 2.87. The minimum atomic E-state index is -0.515. The summed E-state index contributed by atoms with van der Waals surface area (Å²) in [6, 6.07) is 10.3. The van der Waals surface area contributed by atoms with Crippen molar-refractivity contribution in [3.05, 3.63) is 59.4 Å². The Hall–Kier alpha value is -2.45. The maximum Gasteiger partial charge on any atom is 0.151 e. The molecule has 104 valence electrons. The van der Waals surface area contributed by atoms with Crippen LogP contribution in [-0.2, 0) is 5.88 Å². The maximum absolute atomic E-state index is 13.8. The summed E-state index contributed by atoms with van der Waals surface area (Å²) in [6.45, 7) is 0. The summed E-state index contributed by atoms with van der Waals surface area (Å²) in [5, 5.41) is 9.17. The van der Waals surface area contributed by atoms with Gasteiger partial charge in [-0.05, 0) is 30.3 Å². The second kappa shape index (κ2) is 5.15. The van der Waals surface area contributed by atoms with Crippen LogP contribution in [0.25, 0.3) is 16.7 Å². The van der Waals surface area contributed by atoms with Gasteiger partial charge in [-0.1, -0.05) is 6.07 Å². The summed E-state index contributed by atoms with van der Waals surface area (Å²) in [7, 11) is 0. The van der Waals surface area contributed by atoms with Crippen molar-refractivity contribution >= 4 is 22.6 Å². The molecule has 1 heterocycles. The molecule has 1 aromatic heterocycles. The van der Waals surface area contributed by atoms with Crippen LogP contribution in [0.5, 0.6) is 0 Å². The van der Waals surface area contributed by atoms with E-state index in [1.165, 1.54) is 18.2 Å². The van der Waals surface area contributed by atoms with E-state index in [-0.39, 0.29) is 17.0 Å². The highest BCUT2D eigenvalue weighted by atomic mass is 35.5. The highest BCUT2D eigenvalue weighted by Gasteiger charge is 2.17. The third-order valence-electron chi connectivity index (χ3n) is 3.14. The molecule has 0 spiro atoms. The number of fused-ring (bicyclic) bond motifs is 1. The molecule has 0 fully saturated rings. The summed E-state index contributed by atoms with van der Waals surface area (Å²) >= 11 is 5.87. The normalized spacial score (nSPS) is 10.8. The zero-order chi connectivity index (χ0) is 15.0. The Bertz CT molecular complexity index is 880. The lowest BCUT2D eigenvalue weighted by atomic mass is 10.1. The molecule has 0 aliphatic carbocycles. The minimum Gasteiger partial charge on any atom is -0.294 e. The fourth-order valence-electron chi connectivity index (χ4n) is 2.26. The molecule has 0 N–H and O–H groups in total. The van der Waals surface area contributed by atoms with Crippen LogP contribution in [0.15, 0.2) is 36.4 Å². The van der Waals surface area contributed by atoms with Gasteiger partial charge in [-0.3, -0.25) is 4.57 Å². The SMILES string of the molecule is N#Cc1cc(F)ccc1-n1c(CCl)nc2c(F)cccc21. The van der Waals surface area contributed by atoms with Gasteiger partial charge in [0.05, 0.1) is 22.6 Å². The number of rotatable bonds is 2. The van der Waals surface area contributed by atoms with Gasteiger partial charge in [0.2, 0.25) is 0 Å². The van der Waals surface area contributed by atoms with Crippen molar-refractivity contribution in [2.45, 2.75) is 5.88 Å². The quantitative estimate of drug-likeness (QED) is 0.673. The molecule has 0 bridgehead atoms. The van der Waals surface area contributed by atoms with Gasteiger partial charge >= 0.3 is 0 Å². The van der Waals surface area contributed by atoms with Crippen molar-refractivity contribution in [1.29, 1.82) is 5.26 Å². The van der Waals surface area contributed by atoms with Gasteiger partial charge in [-0.2, -0.15) is 5.26 Å². The number of hydrogen-bond acceptors (Lipinski definition) is 2. The molecular weight excluding hydrogens is 296 g/mol. The van der Waals surface area contributed by atoms with Crippen LogP contribution in [0, 0.1) is 23.0 Å². The predicted octanol–water partition coefficient (Wildman–Crippen LogP) is 3.91. The van der Waals surface area contributed by atoms with E-state index in [2.05, 4.69) is 4.98 Å². The second-order valence-electron chi connectivity index (χ2n) is 4.38. The van der Waals surface area contributed by atoms with Gasteiger partial charge in [0.15, 0.2) is 5.82 Å². The van der Waals surface area contributed by atoms with Crippen LogP contribution in [0.1, 0.15) is 11.4 Å². The molecule has 21 heavy (non-hydrogen) atoms. The molecule has 0 saturated carbocycles. The third-order valence-corrected chi connectivity index (χ3v) is 3.38. The van der Waals surface area contributed by atoms with E-state index >= 15 is 0 Å². The fraction of sp³-hybridized carbons (Fsp3) is 0.0667. The fourth-order valence-corrected chi connectivity index (χ4v) is 2.44. The maximum atomic E-state index is 13.8. The average molecular weight is 304 g/mol. The number of nitrogens with zero attached hydrogens (tertiary/aromatic N) is 3. The van der Waals surface area contributed by atoms with Gasteiger partial charge in [0, 0.05) is 0 Å². The molecule has 3 aromatic rings. The first-order valence-corrected chi connectivity index (χ1v) is 6.61. The summed E-state index contributed by atoms with van der Waals surface area (Å²) in [5.74, 6) is -0.562. The lowest BCUT2D eigenvalue weighted by Gasteiger charge is -2.09. The lowest BCUT2D eigenvalue weighted by molar-refractivity contribution is 0.627. The number of benzene rings is 2. The van der Waals surface area contributed by atoms with Crippen LogP contribution in [0.2, 0.25) is 0 Å². The van der Waals surface area contributed by atoms with Gasteiger partial charge in [0.1, 0.15) is 23.2 Å². The van der Waals surface area contributed by atoms with E-state index < -0.39 is 11.6 Å². The Labute approximate surface area is 124 Å². The third kappa shape index (κ3) is 2.14. The summed E-state index contributed by atoms with van der Waals surface area (Å²) < 4.78 is 28.7. The van der Waals surface area contributed by atoms with Crippen LogP contribution in [0.4, 0.5) is 8.78 Å². The Morgan fingerprint density at radius 1 is 1.24 bits per heavy atom. The van der Waals surface area contributed by atoms with Gasteiger partial charge in [-0.25, -0.2) is 13.8 Å².